The summed E-state index contributed by atoms with van der Waals surface area (Å²) in [6.45, 7) is 0. The predicted octanol–water partition coefficient (Wildman–Crippen LogP) is 1.70. The van der Waals surface area contributed by atoms with Crippen molar-refractivity contribution in [3.63, 3.8) is 0 Å². The van der Waals surface area contributed by atoms with Crippen LogP contribution in [0.3, 0.4) is 0 Å². The summed E-state index contributed by atoms with van der Waals surface area (Å²) in [4.78, 5) is 11.2. The Labute approximate surface area is 97.8 Å². The summed E-state index contributed by atoms with van der Waals surface area (Å²) in [6, 6.07) is 6.20. The molecule has 1 rings (SSSR count). The number of halogens is 1. The number of hydrogen-bond acceptors (Lipinski definition) is 3. The Balaban J connectivity index is 3.10. The Kier molecular flexibility index (Phi) is 3.92. The quantitative estimate of drug-likeness (QED) is 0.606. The number of phenolic OH excluding ortho intramolecular Hbond substituents is 1. The third-order valence-electron chi connectivity index (χ3n) is 1.87. The highest BCUT2D eigenvalue weighted by Crippen LogP contribution is 2.24. The topological polar surface area (TPSA) is 73.1 Å². The average Bonchev–Trinajstić information content (AvgIpc) is 2.29. The van der Waals surface area contributed by atoms with Crippen LogP contribution in [0.1, 0.15) is 5.56 Å². The minimum atomic E-state index is -0.466. The first-order valence-corrected chi connectivity index (χ1v) is 4.78. The van der Waals surface area contributed by atoms with E-state index in [1.807, 2.05) is 0 Å². The summed E-state index contributed by atoms with van der Waals surface area (Å²) in [5, 5.41) is 20.5. The van der Waals surface area contributed by atoms with Crippen LogP contribution < -0.4 is 5.32 Å². The molecule has 0 spiro atoms. The molecular weight excluding hydrogens is 228 g/mol. The number of nitrogens with one attached hydrogen (secondary N) is 1. The number of likely N-dealkylation sites (N-methyl/N-ethyl adjacent to an activating group) is 1. The van der Waals surface area contributed by atoms with Crippen LogP contribution in [0.2, 0.25) is 5.02 Å². The maximum Gasteiger partial charge on any atom is 0.261 e. The van der Waals surface area contributed by atoms with Gasteiger partial charge < -0.3 is 10.4 Å². The number of amides is 1. The lowest BCUT2D eigenvalue weighted by molar-refractivity contribution is -0.116. The number of benzene rings is 1. The molecule has 0 unspecified atom stereocenters. The van der Waals surface area contributed by atoms with Gasteiger partial charge in [-0.15, -0.1) is 0 Å². The molecule has 0 radical (unpaired) electrons. The third kappa shape index (κ3) is 2.75. The molecule has 1 aromatic rings. The number of aromatic hydroxyl groups is 1. The lowest BCUT2D eigenvalue weighted by atomic mass is 10.1. The van der Waals surface area contributed by atoms with Gasteiger partial charge in [-0.05, 0) is 23.8 Å². The van der Waals surface area contributed by atoms with E-state index in [4.69, 9.17) is 16.9 Å². The summed E-state index contributed by atoms with van der Waals surface area (Å²) in [5.41, 5.74) is 0.548. The Bertz CT molecular complexity index is 489. The van der Waals surface area contributed by atoms with Crippen molar-refractivity contribution in [1.29, 1.82) is 5.26 Å². The summed E-state index contributed by atoms with van der Waals surface area (Å²) in [7, 11) is 1.44. The molecule has 0 heterocycles. The van der Waals surface area contributed by atoms with E-state index < -0.39 is 5.91 Å². The zero-order valence-electron chi connectivity index (χ0n) is 8.49. The monoisotopic (exact) mass is 236 g/mol. The van der Waals surface area contributed by atoms with Gasteiger partial charge in [0.2, 0.25) is 0 Å². The average molecular weight is 237 g/mol. The molecule has 0 atom stereocenters. The van der Waals surface area contributed by atoms with Crippen molar-refractivity contribution in [2.75, 3.05) is 7.05 Å². The van der Waals surface area contributed by atoms with Crippen LogP contribution >= 0.6 is 11.6 Å². The highest BCUT2D eigenvalue weighted by molar-refractivity contribution is 6.32. The van der Waals surface area contributed by atoms with Gasteiger partial charge in [-0.2, -0.15) is 5.26 Å². The van der Waals surface area contributed by atoms with Gasteiger partial charge in [0.05, 0.1) is 5.02 Å². The smallest absolute Gasteiger partial charge is 0.261 e. The maximum absolute atomic E-state index is 11.2. The number of rotatable bonds is 2. The van der Waals surface area contributed by atoms with E-state index in [9.17, 15) is 9.90 Å². The van der Waals surface area contributed by atoms with E-state index >= 15 is 0 Å². The van der Waals surface area contributed by atoms with E-state index in [0.29, 0.717) is 5.56 Å². The van der Waals surface area contributed by atoms with Gasteiger partial charge in [-0.25, -0.2) is 0 Å². The molecule has 0 saturated carbocycles. The van der Waals surface area contributed by atoms with Crippen LogP contribution in [0, 0.1) is 11.3 Å². The van der Waals surface area contributed by atoms with Crippen LogP contribution in [-0.4, -0.2) is 18.1 Å². The van der Waals surface area contributed by atoms with Crippen LogP contribution in [0.15, 0.2) is 23.8 Å². The fourth-order valence-electron chi connectivity index (χ4n) is 1.06. The van der Waals surface area contributed by atoms with E-state index in [-0.39, 0.29) is 16.3 Å². The fraction of sp³-hybridized carbons (Fsp3) is 0.0909. The summed E-state index contributed by atoms with van der Waals surface area (Å²) in [5.74, 6) is -0.510. The zero-order chi connectivity index (χ0) is 12.1. The Hall–Kier alpha value is -1.99. The number of nitrogens with zero attached hydrogens (tertiary/aromatic N) is 1. The van der Waals surface area contributed by atoms with E-state index in [2.05, 4.69) is 5.32 Å². The minimum Gasteiger partial charge on any atom is -0.506 e. The van der Waals surface area contributed by atoms with Crippen LogP contribution in [0.25, 0.3) is 6.08 Å². The Morgan fingerprint density at radius 2 is 2.31 bits per heavy atom. The molecule has 0 bridgehead atoms. The van der Waals surface area contributed by atoms with Gasteiger partial charge in [0, 0.05) is 7.05 Å². The highest BCUT2D eigenvalue weighted by atomic mass is 35.5. The van der Waals surface area contributed by atoms with Gasteiger partial charge >= 0.3 is 0 Å². The molecule has 1 aromatic carbocycles. The minimum absolute atomic E-state index is 0.0238. The van der Waals surface area contributed by atoms with Crippen molar-refractivity contribution >= 4 is 23.6 Å². The number of nitriles is 1. The van der Waals surface area contributed by atoms with Gasteiger partial charge in [-0.3, -0.25) is 4.79 Å². The maximum atomic E-state index is 11.2. The summed E-state index contributed by atoms with van der Waals surface area (Å²) >= 11 is 5.69. The van der Waals surface area contributed by atoms with Gasteiger partial charge in [0.25, 0.3) is 5.91 Å². The normalized spacial score (nSPS) is 10.7. The van der Waals surface area contributed by atoms with Gasteiger partial charge in [0.15, 0.2) is 0 Å². The second kappa shape index (κ2) is 5.19. The molecular formula is C11H9ClN2O2. The third-order valence-corrected chi connectivity index (χ3v) is 2.18. The molecule has 0 saturated heterocycles. The Morgan fingerprint density at radius 1 is 1.62 bits per heavy atom. The predicted molar refractivity (Wildman–Crippen MR) is 60.8 cm³/mol. The first kappa shape index (κ1) is 12.1. The van der Waals surface area contributed by atoms with Crippen molar-refractivity contribution in [2.24, 2.45) is 0 Å². The lowest BCUT2D eigenvalue weighted by Gasteiger charge is -2.00. The SMILES string of the molecule is CNC(=O)C(C#N)=Cc1ccc(O)c(Cl)c1. The molecule has 0 aliphatic rings. The summed E-state index contributed by atoms with van der Waals surface area (Å²) in [6.07, 6.45) is 1.39. The second-order valence-electron chi connectivity index (χ2n) is 2.96. The van der Waals surface area contributed by atoms with Crippen LogP contribution in [-0.2, 0) is 4.79 Å². The largest absolute Gasteiger partial charge is 0.506 e. The van der Waals surface area contributed by atoms with Crippen molar-refractivity contribution in [1.82, 2.24) is 5.32 Å². The lowest BCUT2D eigenvalue weighted by Crippen LogP contribution is -2.19. The molecule has 2 N–H and O–H groups in total. The highest BCUT2D eigenvalue weighted by Gasteiger charge is 2.06. The first-order valence-electron chi connectivity index (χ1n) is 4.41. The van der Waals surface area contributed by atoms with E-state index in [0.717, 1.165) is 0 Å². The molecule has 0 aliphatic heterocycles. The standard InChI is InChI=1S/C11H9ClN2O2/c1-14-11(16)8(6-13)4-7-2-3-10(15)9(12)5-7/h2-5,15H,1H3,(H,14,16). The van der Waals surface area contributed by atoms with Crippen molar-refractivity contribution in [3.8, 4) is 11.8 Å². The van der Waals surface area contributed by atoms with E-state index in [1.165, 1.54) is 25.3 Å². The molecule has 82 valence electrons. The number of carbonyl (C=O) groups is 1. The molecule has 16 heavy (non-hydrogen) atoms. The van der Waals surface area contributed by atoms with Crippen LogP contribution in [0.4, 0.5) is 0 Å². The molecule has 5 heteroatoms. The molecule has 4 nitrogen and oxygen atoms in total. The zero-order valence-corrected chi connectivity index (χ0v) is 9.25. The van der Waals surface area contributed by atoms with Crippen molar-refractivity contribution in [3.05, 3.63) is 34.4 Å². The number of phenols is 1. The summed E-state index contributed by atoms with van der Waals surface area (Å²) < 4.78 is 0. The molecule has 0 aliphatic carbocycles. The molecule has 0 fully saturated rings. The molecule has 0 aromatic heterocycles. The van der Waals surface area contributed by atoms with Gasteiger partial charge in [-0.1, -0.05) is 17.7 Å². The number of hydrogen-bond donors (Lipinski definition) is 2. The van der Waals surface area contributed by atoms with E-state index in [1.54, 1.807) is 12.1 Å². The molecule has 1 amide bonds. The first-order chi connectivity index (χ1) is 7.58. The van der Waals surface area contributed by atoms with Crippen molar-refractivity contribution < 1.29 is 9.90 Å². The van der Waals surface area contributed by atoms with Gasteiger partial charge in [0.1, 0.15) is 17.4 Å². The van der Waals surface area contributed by atoms with Crippen molar-refractivity contribution in [2.45, 2.75) is 0 Å². The fourth-order valence-corrected chi connectivity index (χ4v) is 1.25. The van der Waals surface area contributed by atoms with Crippen LogP contribution in [0.5, 0.6) is 5.75 Å². The second-order valence-corrected chi connectivity index (χ2v) is 3.37. The number of carbonyl (C=O) groups excluding carboxylic acids is 1. The Morgan fingerprint density at radius 3 is 2.81 bits per heavy atom.